The normalized spacial score (nSPS) is 9.76. The van der Waals surface area contributed by atoms with Crippen LogP contribution in [0, 0.1) is 0 Å². The van der Waals surface area contributed by atoms with Crippen molar-refractivity contribution >= 4 is 12.0 Å². The molecule has 0 saturated heterocycles. The molecule has 0 atom stereocenters. The number of amides is 2. The summed E-state index contributed by atoms with van der Waals surface area (Å²) in [5, 5.41) is 4.96. The molecule has 17 heavy (non-hydrogen) atoms. The van der Waals surface area contributed by atoms with E-state index < -0.39 is 12.0 Å². The van der Waals surface area contributed by atoms with Crippen LogP contribution >= 0.6 is 0 Å². The van der Waals surface area contributed by atoms with Crippen molar-refractivity contribution < 1.29 is 19.1 Å². The second-order valence-corrected chi connectivity index (χ2v) is 3.38. The number of unbranched alkanes of at least 4 members (excludes halogenated alkanes) is 1. The van der Waals surface area contributed by atoms with Gasteiger partial charge < -0.3 is 20.1 Å². The second kappa shape index (κ2) is 11.2. The number of hydrogen-bond donors (Lipinski definition) is 2. The maximum atomic E-state index is 11.2. The summed E-state index contributed by atoms with van der Waals surface area (Å²) in [6.45, 7) is 5.62. The Hall–Kier alpha value is -1.30. The number of rotatable bonds is 9. The first kappa shape index (κ1) is 15.7. The molecule has 0 aliphatic heterocycles. The van der Waals surface area contributed by atoms with Gasteiger partial charge in [-0.2, -0.15) is 0 Å². The summed E-state index contributed by atoms with van der Waals surface area (Å²) in [6.07, 6.45) is 2.11. The largest absolute Gasteiger partial charge is 0.465 e. The quantitative estimate of drug-likeness (QED) is 0.463. The number of hydrogen-bond acceptors (Lipinski definition) is 4. The van der Waals surface area contributed by atoms with E-state index in [1.807, 2.05) is 0 Å². The first-order valence-corrected chi connectivity index (χ1v) is 5.95. The Bertz CT molecular complexity index is 222. The number of esters is 1. The molecule has 100 valence electrons. The minimum Gasteiger partial charge on any atom is -0.465 e. The van der Waals surface area contributed by atoms with E-state index in [0.29, 0.717) is 26.4 Å². The first-order valence-electron chi connectivity index (χ1n) is 5.95. The van der Waals surface area contributed by atoms with E-state index in [0.717, 1.165) is 12.8 Å². The summed E-state index contributed by atoms with van der Waals surface area (Å²) in [4.78, 5) is 22.1. The fraction of sp³-hybridized carbons (Fsp3) is 0.818. The molecule has 0 radical (unpaired) electrons. The highest BCUT2D eigenvalue weighted by Crippen LogP contribution is 1.86. The highest BCUT2D eigenvalue weighted by atomic mass is 16.5. The average molecular weight is 246 g/mol. The molecular formula is C11H22N2O4. The van der Waals surface area contributed by atoms with Crippen LogP contribution in [0.15, 0.2) is 0 Å². The molecule has 0 heterocycles. The van der Waals surface area contributed by atoms with Gasteiger partial charge in [0, 0.05) is 13.2 Å². The number of carbonyl (C=O) groups is 2. The fourth-order valence-electron chi connectivity index (χ4n) is 1.01. The van der Waals surface area contributed by atoms with E-state index in [4.69, 9.17) is 4.74 Å². The average Bonchev–Trinajstić information content (AvgIpc) is 2.31. The Morgan fingerprint density at radius 3 is 2.53 bits per heavy atom. The van der Waals surface area contributed by atoms with Gasteiger partial charge in [0.2, 0.25) is 0 Å². The van der Waals surface area contributed by atoms with Crippen LogP contribution in [-0.2, 0) is 14.3 Å². The van der Waals surface area contributed by atoms with Gasteiger partial charge in [-0.25, -0.2) is 4.79 Å². The van der Waals surface area contributed by atoms with Crippen molar-refractivity contribution in [3.63, 3.8) is 0 Å². The van der Waals surface area contributed by atoms with Crippen molar-refractivity contribution in [2.45, 2.75) is 26.7 Å². The zero-order chi connectivity index (χ0) is 12.9. The van der Waals surface area contributed by atoms with Crippen LogP contribution < -0.4 is 10.6 Å². The fourth-order valence-corrected chi connectivity index (χ4v) is 1.01. The van der Waals surface area contributed by atoms with Crippen molar-refractivity contribution in [3.05, 3.63) is 0 Å². The molecule has 0 aliphatic rings. The van der Waals surface area contributed by atoms with Crippen molar-refractivity contribution in [1.82, 2.24) is 10.6 Å². The summed E-state index contributed by atoms with van der Waals surface area (Å²) in [5.74, 6) is -0.443. The number of ether oxygens (including phenoxy) is 2. The molecule has 0 rings (SSSR count). The summed E-state index contributed by atoms with van der Waals surface area (Å²) in [5.41, 5.74) is 0. The first-order chi connectivity index (χ1) is 8.20. The van der Waals surface area contributed by atoms with Gasteiger partial charge >= 0.3 is 12.0 Å². The summed E-state index contributed by atoms with van der Waals surface area (Å²) < 4.78 is 9.91. The SMILES string of the molecule is CCCCOCCNC(=O)NCC(=O)OCC. The van der Waals surface area contributed by atoms with E-state index in [1.165, 1.54) is 0 Å². The molecule has 0 fully saturated rings. The Kier molecular flexibility index (Phi) is 10.3. The van der Waals surface area contributed by atoms with Gasteiger partial charge in [0.15, 0.2) is 0 Å². The van der Waals surface area contributed by atoms with Crippen molar-refractivity contribution in [2.24, 2.45) is 0 Å². The molecule has 0 saturated carbocycles. The minimum absolute atomic E-state index is 0.115. The van der Waals surface area contributed by atoms with E-state index in [-0.39, 0.29) is 6.54 Å². The van der Waals surface area contributed by atoms with Crippen LogP contribution in [0.3, 0.4) is 0 Å². The zero-order valence-corrected chi connectivity index (χ0v) is 10.6. The smallest absolute Gasteiger partial charge is 0.325 e. The molecule has 0 unspecified atom stereocenters. The van der Waals surface area contributed by atoms with Gasteiger partial charge in [0.05, 0.1) is 13.2 Å². The van der Waals surface area contributed by atoms with Crippen LogP contribution in [0.25, 0.3) is 0 Å². The maximum Gasteiger partial charge on any atom is 0.325 e. The van der Waals surface area contributed by atoms with Crippen LogP contribution in [0.2, 0.25) is 0 Å². The third kappa shape index (κ3) is 11.0. The molecule has 0 aromatic rings. The number of nitrogens with one attached hydrogen (secondary N) is 2. The lowest BCUT2D eigenvalue weighted by atomic mass is 10.4. The summed E-state index contributed by atoms with van der Waals surface area (Å²) in [6, 6.07) is -0.392. The van der Waals surface area contributed by atoms with Gasteiger partial charge in [-0.3, -0.25) is 4.79 Å². The maximum absolute atomic E-state index is 11.2. The Morgan fingerprint density at radius 1 is 1.12 bits per heavy atom. The molecule has 0 aromatic carbocycles. The lowest BCUT2D eigenvalue weighted by Crippen LogP contribution is -2.40. The highest BCUT2D eigenvalue weighted by molar-refractivity contribution is 5.80. The number of urea groups is 1. The molecule has 0 spiro atoms. The monoisotopic (exact) mass is 246 g/mol. The van der Waals surface area contributed by atoms with Crippen molar-refractivity contribution in [3.8, 4) is 0 Å². The van der Waals surface area contributed by atoms with Crippen LogP contribution in [0.1, 0.15) is 26.7 Å². The van der Waals surface area contributed by atoms with Crippen molar-refractivity contribution in [2.75, 3.05) is 32.9 Å². The highest BCUT2D eigenvalue weighted by Gasteiger charge is 2.04. The molecule has 0 aromatic heterocycles. The molecule has 2 amide bonds. The van der Waals surface area contributed by atoms with Gasteiger partial charge in [-0.15, -0.1) is 0 Å². The minimum atomic E-state index is -0.443. The molecule has 6 nitrogen and oxygen atoms in total. The predicted octanol–water partition coefficient (Wildman–Crippen LogP) is 0.665. The summed E-state index contributed by atoms with van der Waals surface area (Å²) >= 11 is 0. The summed E-state index contributed by atoms with van der Waals surface area (Å²) in [7, 11) is 0. The Morgan fingerprint density at radius 2 is 1.88 bits per heavy atom. The second-order valence-electron chi connectivity index (χ2n) is 3.38. The third-order valence-electron chi connectivity index (χ3n) is 1.87. The molecule has 0 aliphatic carbocycles. The molecular weight excluding hydrogens is 224 g/mol. The van der Waals surface area contributed by atoms with E-state index in [1.54, 1.807) is 6.92 Å². The lowest BCUT2D eigenvalue weighted by molar-refractivity contribution is -0.141. The third-order valence-corrected chi connectivity index (χ3v) is 1.87. The molecule has 0 bridgehead atoms. The van der Waals surface area contributed by atoms with E-state index in [9.17, 15) is 9.59 Å². The zero-order valence-electron chi connectivity index (χ0n) is 10.6. The van der Waals surface area contributed by atoms with Crippen LogP contribution in [-0.4, -0.2) is 44.9 Å². The number of carbonyl (C=O) groups excluding carboxylic acids is 2. The van der Waals surface area contributed by atoms with Crippen LogP contribution in [0.5, 0.6) is 0 Å². The topological polar surface area (TPSA) is 76.7 Å². The van der Waals surface area contributed by atoms with Gasteiger partial charge in [0.1, 0.15) is 6.54 Å². The van der Waals surface area contributed by atoms with Gasteiger partial charge in [-0.05, 0) is 13.3 Å². The predicted molar refractivity (Wildman–Crippen MR) is 63.8 cm³/mol. The Balaban J connectivity index is 3.31. The standard InChI is InChI=1S/C11H22N2O4/c1-3-5-7-16-8-6-12-11(15)13-9-10(14)17-4-2/h3-9H2,1-2H3,(H2,12,13,15). The lowest BCUT2D eigenvalue weighted by Gasteiger charge is -2.07. The van der Waals surface area contributed by atoms with E-state index >= 15 is 0 Å². The van der Waals surface area contributed by atoms with Crippen LogP contribution in [0.4, 0.5) is 4.79 Å². The molecule has 6 heteroatoms. The molecule has 2 N–H and O–H groups in total. The van der Waals surface area contributed by atoms with Gasteiger partial charge in [0.25, 0.3) is 0 Å². The van der Waals surface area contributed by atoms with E-state index in [2.05, 4.69) is 22.3 Å². The van der Waals surface area contributed by atoms with Crippen molar-refractivity contribution in [1.29, 1.82) is 0 Å². The Labute approximate surface area is 102 Å². The van der Waals surface area contributed by atoms with Gasteiger partial charge in [-0.1, -0.05) is 13.3 Å².